The van der Waals surface area contributed by atoms with Crippen molar-refractivity contribution < 1.29 is 27.3 Å². The molecule has 2 aliphatic carbocycles. The molecule has 0 N–H and O–H groups in total. The molecular weight excluding hydrogens is 572 g/mol. The smallest absolute Gasteiger partial charge is 0.872 e. The van der Waals surface area contributed by atoms with Crippen LogP contribution >= 0.6 is 31.9 Å². The summed E-state index contributed by atoms with van der Waals surface area (Å²) in [5.74, 6) is 0.0832. The zero-order chi connectivity index (χ0) is 21.3. The van der Waals surface area contributed by atoms with Crippen LogP contribution in [-0.4, -0.2) is 24.5 Å². The molecule has 2 saturated carbocycles. The zero-order valence-corrected chi connectivity index (χ0v) is 21.3. The molecule has 2 aromatic rings. The van der Waals surface area contributed by atoms with Gasteiger partial charge in [-0.15, -0.1) is 0 Å². The van der Waals surface area contributed by atoms with Crippen LogP contribution in [0.15, 0.2) is 55.3 Å². The molecule has 0 unspecified atom stereocenters. The van der Waals surface area contributed by atoms with Gasteiger partial charge >= 0.3 is 17.1 Å². The van der Waals surface area contributed by atoms with Gasteiger partial charge < -0.3 is 10.2 Å². The standard InChI is InChI=1S/2C12H14BrNO.Cu/c2*13-10-5-6-12(15)9(7-10)8-14-11-3-1-2-4-11;/h2*5-8,11,15H,1-4H2;/q;;+2/p-2. The number of rotatable bonds is 4. The summed E-state index contributed by atoms with van der Waals surface area (Å²) in [4.78, 5) is 8.90. The first-order valence-corrected chi connectivity index (χ1v) is 12.1. The summed E-state index contributed by atoms with van der Waals surface area (Å²) in [7, 11) is 0. The third-order valence-corrected chi connectivity index (χ3v) is 6.43. The van der Waals surface area contributed by atoms with Gasteiger partial charge in [-0.25, -0.2) is 0 Å². The van der Waals surface area contributed by atoms with E-state index in [1.165, 1.54) is 51.4 Å². The first-order valence-electron chi connectivity index (χ1n) is 10.5. The largest absolute Gasteiger partial charge is 2.00 e. The molecule has 0 aliphatic heterocycles. The molecule has 0 saturated heterocycles. The van der Waals surface area contributed by atoms with Crippen molar-refractivity contribution in [1.82, 2.24) is 0 Å². The summed E-state index contributed by atoms with van der Waals surface area (Å²) in [5.41, 5.74) is 1.35. The third kappa shape index (κ3) is 8.72. The Bertz CT molecular complexity index is 820. The number of halogens is 2. The molecule has 4 rings (SSSR count). The van der Waals surface area contributed by atoms with Crippen molar-refractivity contribution in [1.29, 1.82) is 0 Å². The zero-order valence-electron chi connectivity index (χ0n) is 17.2. The van der Waals surface area contributed by atoms with Gasteiger partial charge in [0, 0.05) is 33.5 Å². The predicted octanol–water partition coefficient (Wildman–Crippen LogP) is 5.77. The van der Waals surface area contributed by atoms with Crippen molar-refractivity contribution in [2.24, 2.45) is 9.98 Å². The van der Waals surface area contributed by atoms with Crippen molar-refractivity contribution >= 4 is 44.3 Å². The Morgan fingerprint density at radius 1 is 0.677 bits per heavy atom. The third-order valence-electron chi connectivity index (χ3n) is 5.44. The molecule has 7 heteroatoms. The van der Waals surface area contributed by atoms with E-state index in [-0.39, 0.29) is 28.6 Å². The van der Waals surface area contributed by atoms with Gasteiger partial charge in [0.25, 0.3) is 0 Å². The van der Waals surface area contributed by atoms with Gasteiger partial charge in [0.15, 0.2) is 0 Å². The quantitative estimate of drug-likeness (QED) is 0.332. The Hall–Kier alpha value is -1.14. The minimum atomic E-state index is 0. The molecule has 0 heterocycles. The molecule has 4 nitrogen and oxygen atoms in total. The minimum Gasteiger partial charge on any atom is -0.872 e. The summed E-state index contributed by atoms with van der Waals surface area (Å²) in [5, 5.41) is 22.9. The fourth-order valence-electron chi connectivity index (χ4n) is 3.72. The molecule has 0 atom stereocenters. The van der Waals surface area contributed by atoms with Gasteiger partial charge in [-0.1, -0.05) is 81.2 Å². The van der Waals surface area contributed by atoms with E-state index in [0.29, 0.717) is 23.2 Å². The van der Waals surface area contributed by atoms with Gasteiger partial charge in [-0.3, -0.25) is 9.98 Å². The topological polar surface area (TPSA) is 70.8 Å². The molecule has 0 aromatic heterocycles. The van der Waals surface area contributed by atoms with Crippen molar-refractivity contribution in [3.05, 3.63) is 56.5 Å². The van der Waals surface area contributed by atoms with Gasteiger partial charge in [0.2, 0.25) is 0 Å². The number of hydrogen-bond acceptors (Lipinski definition) is 4. The van der Waals surface area contributed by atoms with E-state index in [2.05, 4.69) is 41.8 Å². The molecule has 0 bridgehead atoms. The van der Waals surface area contributed by atoms with Crippen molar-refractivity contribution in [3.8, 4) is 11.5 Å². The van der Waals surface area contributed by atoms with Crippen molar-refractivity contribution in [3.63, 3.8) is 0 Å². The maximum atomic E-state index is 11.5. The van der Waals surface area contributed by atoms with Crippen LogP contribution in [0.2, 0.25) is 0 Å². The second kappa shape index (κ2) is 13.4. The van der Waals surface area contributed by atoms with Crippen LogP contribution in [0, 0.1) is 0 Å². The summed E-state index contributed by atoms with van der Waals surface area (Å²) in [6.07, 6.45) is 13.2. The molecule has 2 fully saturated rings. The van der Waals surface area contributed by atoms with E-state index in [9.17, 15) is 10.2 Å². The van der Waals surface area contributed by atoms with E-state index in [0.717, 1.165) is 8.95 Å². The van der Waals surface area contributed by atoms with Gasteiger partial charge in [0.1, 0.15) is 0 Å². The predicted molar refractivity (Wildman–Crippen MR) is 127 cm³/mol. The Labute approximate surface area is 212 Å². The van der Waals surface area contributed by atoms with E-state index in [1.54, 1.807) is 36.7 Å². The Balaban J connectivity index is 0.000000213. The van der Waals surface area contributed by atoms with E-state index in [4.69, 9.17) is 0 Å². The fraction of sp³-hybridized carbons (Fsp3) is 0.417. The maximum Gasteiger partial charge on any atom is 2.00 e. The van der Waals surface area contributed by atoms with Gasteiger partial charge in [0.05, 0.1) is 0 Å². The average molecular weight is 598 g/mol. The van der Waals surface area contributed by atoms with E-state index < -0.39 is 0 Å². The van der Waals surface area contributed by atoms with E-state index in [1.807, 2.05) is 12.1 Å². The van der Waals surface area contributed by atoms with Gasteiger partial charge in [-0.05, 0) is 61.1 Å². The van der Waals surface area contributed by atoms with Crippen LogP contribution in [0.25, 0.3) is 0 Å². The molecule has 2 aromatic carbocycles. The fourth-order valence-corrected chi connectivity index (χ4v) is 4.48. The molecule has 31 heavy (non-hydrogen) atoms. The van der Waals surface area contributed by atoms with Crippen LogP contribution in [-0.2, 0) is 17.1 Å². The van der Waals surface area contributed by atoms with Crippen LogP contribution in [0.5, 0.6) is 11.5 Å². The Morgan fingerprint density at radius 3 is 1.39 bits per heavy atom. The summed E-state index contributed by atoms with van der Waals surface area (Å²) < 4.78 is 1.85. The van der Waals surface area contributed by atoms with Crippen molar-refractivity contribution in [2.75, 3.05) is 0 Å². The average Bonchev–Trinajstić information content (AvgIpc) is 3.44. The molecule has 2 aliphatic rings. The SMILES string of the molecule is [Cu+2].[O-]c1ccc(Br)cc1C=NC1CCCC1.[O-]c1ccc(Br)cc1C=NC1CCCC1. The Kier molecular flexibility index (Phi) is 11.3. The number of nitrogens with zero attached hydrogens (tertiary/aromatic N) is 2. The summed E-state index contributed by atoms with van der Waals surface area (Å²) >= 11 is 6.70. The number of hydrogen-bond donors (Lipinski definition) is 0. The van der Waals surface area contributed by atoms with Gasteiger partial charge in [-0.2, -0.15) is 0 Å². The van der Waals surface area contributed by atoms with Crippen LogP contribution in [0.3, 0.4) is 0 Å². The normalized spacial score (nSPS) is 17.1. The first kappa shape index (κ1) is 26.1. The van der Waals surface area contributed by atoms with E-state index >= 15 is 0 Å². The second-order valence-corrected chi connectivity index (χ2v) is 9.63. The van der Waals surface area contributed by atoms with Crippen LogP contribution in [0.4, 0.5) is 0 Å². The summed E-state index contributed by atoms with van der Waals surface area (Å²) in [6, 6.07) is 11.2. The second-order valence-electron chi connectivity index (χ2n) is 7.80. The Morgan fingerprint density at radius 2 is 1.03 bits per heavy atom. The summed E-state index contributed by atoms with van der Waals surface area (Å²) in [6.45, 7) is 0. The van der Waals surface area contributed by atoms with Crippen LogP contribution in [0.1, 0.15) is 62.5 Å². The molecule has 0 amide bonds. The van der Waals surface area contributed by atoms with Crippen LogP contribution < -0.4 is 10.2 Å². The molecule has 1 radical (unpaired) electrons. The molecular formula is C24H26Br2CuN2O2. The number of aliphatic imine (C=N–C) groups is 2. The number of benzene rings is 2. The minimum absolute atomic E-state index is 0. The monoisotopic (exact) mass is 595 g/mol. The first-order chi connectivity index (χ1) is 14.5. The van der Waals surface area contributed by atoms with Crippen molar-refractivity contribution in [2.45, 2.75) is 63.5 Å². The molecule has 0 spiro atoms. The maximum absolute atomic E-state index is 11.5. The molecule has 169 valence electrons.